The van der Waals surface area contributed by atoms with Crippen LogP contribution in [0.25, 0.3) is 0 Å². The van der Waals surface area contributed by atoms with Crippen LogP contribution >= 0.6 is 0 Å². The number of carbonyl (C=O) groups is 1. The summed E-state index contributed by atoms with van der Waals surface area (Å²) in [5.41, 5.74) is 1.27. The van der Waals surface area contributed by atoms with Crippen LogP contribution < -0.4 is 15.4 Å². The summed E-state index contributed by atoms with van der Waals surface area (Å²) >= 11 is 0. The zero-order valence-electron chi connectivity index (χ0n) is 15.1. The van der Waals surface area contributed by atoms with Crippen molar-refractivity contribution in [3.8, 4) is 5.75 Å². The molecule has 0 bridgehead atoms. The molecule has 3 rings (SSSR count). The van der Waals surface area contributed by atoms with E-state index in [9.17, 15) is 13.2 Å². The molecule has 7 nitrogen and oxygen atoms in total. The van der Waals surface area contributed by atoms with E-state index in [-0.39, 0.29) is 17.3 Å². The first-order valence-corrected chi connectivity index (χ1v) is 10.2. The molecule has 1 amide bonds. The number of methoxy groups -OCH3 is 1. The van der Waals surface area contributed by atoms with Crippen molar-refractivity contribution in [1.29, 1.82) is 0 Å². The maximum Gasteiger partial charge on any atom is 0.243 e. The number of hydrogen-bond donors (Lipinski definition) is 2. The van der Waals surface area contributed by atoms with Crippen molar-refractivity contribution in [3.63, 3.8) is 0 Å². The number of rotatable bonds is 7. The second-order valence-electron chi connectivity index (χ2n) is 6.24. The highest BCUT2D eigenvalue weighted by atomic mass is 32.2. The summed E-state index contributed by atoms with van der Waals surface area (Å²) in [5.74, 6) is 0.415. The lowest BCUT2D eigenvalue weighted by Crippen LogP contribution is -2.27. The summed E-state index contributed by atoms with van der Waals surface area (Å²) in [6, 6.07) is 13.6. The Morgan fingerprint density at radius 2 is 1.74 bits per heavy atom. The molecule has 144 valence electrons. The molecule has 1 aliphatic rings. The van der Waals surface area contributed by atoms with Gasteiger partial charge in [-0.15, -0.1) is 0 Å². The van der Waals surface area contributed by atoms with E-state index in [2.05, 4.69) is 10.6 Å². The first-order valence-electron chi connectivity index (χ1n) is 8.77. The molecule has 27 heavy (non-hydrogen) atoms. The van der Waals surface area contributed by atoms with E-state index in [1.54, 1.807) is 25.3 Å². The van der Waals surface area contributed by atoms with E-state index < -0.39 is 10.0 Å². The first-order chi connectivity index (χ1) is 13.0. The molecule has 1 heterocycles. The summed E-state index contributed by atoms with van der Waals surface area (Å²) in [7, 11) is -1.88. The smallest absolute Gasteiger partial charge is 0.243 e. The monoisotopic (exact) mass is 389 g/mol. The number of ether oxygens (including phenoxy) is 1. The molecular formula is C19H23N3O4S. The Balaban J connectivity index is 1.58. The second-order valence-corrected chi connectivity index (χ2v) is 8.18. The van der Waals surface area contributed by atoms with Gasteiger partial charge in [0.2, 0.25) is 15.9 Å². The zero-order chi connectivity index (χ0) is 19.3. The number of benzene rings is 2. The normalized spacial score (nSPS) is 14.7. The molecule has 0 aromatic heterocycles. The quantitative estimate of drug-likeness (QED) is 0.760. The Morgan fingerprint density at radius 3 is 2.41 bits per heavy atom. The Labute approximate surface area is 159 Å². The zero-order valence-corrected chi connectivity index (χ0v) is 16.0. The molecule has 0 spiro atoms. The number of carbonyl (C=O) groups excluding carboxylic acids is 1. The van der Waals surface area contributed by atoms with Crippen LogP contribution in [0.1, 0.15) is 12.8 Å². The standard InChI is InChI=1S/C19H23N3O4S/c1-26-18-7-3-2-6-17(18)20-14-19(23)21-15-8-10-16(11-9-15)27(24,25)22-12-4-5-13-22/h2-3,6-11,20H,4-5,12-14H2,1H3,(H,21,23). The molecule has 0 aliphatic carbocycles. The van der Waals surface area contributed by atoms with Gasteiger partial charge in [0.1, 0.15) is 5.75 Å². The van der Waals surface area contributed by atoms with Crippen molar-refractivity contribution < 1.29 is 17.9 Å². The van der Waals surface area contributed by atoms with Gasteiger partial charge in [-0.1, -0.05) is 12.1 Å². The van der Waals surface area contributed by atoms with Crippen molar-refractivity contribution in [2.24, 2.45) is 0 Å². The van der Waals surface area contributed by atoms with Crippen LogP contribution in [0, 0.1) is 0 Å². The highest BCUT2D eigenvalue weighted by Crippen LogP contribution is 2.23. The average molecular weight is 389 g/mol. The number of nitrogens with one attached hydrogen (secondary N) is 2. The summed E-state index contributed by atoms with van der Waals surface area (Å²) in [6.45, 7) is 1.19. The first kappa shape index (κ1) is 19.2. The predicted molar refractivity (Wildman–Crippen MR) is 105 cm³/mol. The lowest BCUT2D eigenvalue weighted by atomic mass is 10.3. The molecule has 0 saturated carbocycles. The summed E-state index contributed by atoms with van der Waals surface area (Å²) in [4.78, 5) is 12.4. The number of anilines is 2. The molecule has 2 aromatic carbocycles. The van der Waals surface area contributed by atoms with Gasteiger partial charge in [-0.25, -0.2) is 8.42 Å². The van der Waals surface area contributed by atoms with Crippen LogP contribution in [0.15, 0.2) is 53.4 Å². The molecular weight excluding hydrogens is 366 g/mol. The third kappa shape index (κ3) is 4.58. The number of sulfonamides is 1. The van der Waals surface area contributed by atoms with Gasteiger partial charge < -0.3 is 15.4 Å². The lowest BCUT2D eigenvalue weighted by molar-refractivity contribution is -0.114. The fourth-order valence-electron chi connectivity index (χ4n) is 2.96. The Morgan fingerprint density at radius 1 is 1.07 bits per heavy atom. The fourth-order valence-corrected chi connectivity index (χ4v) is 4.48. The van der Waals surface area contributed by atoms with Crippen LogP contribution in [-0.2, 0) is 14.8 Å². The molecule has 0 unspecified atom stereocenters. The molecule has 1 fully saturated rings. The number of hydrogen-bond acceptors (Lipinski definition) is 5. The minimum absolute atomic E-state index is 0.0637. The van der Waals surface area contributed by atoms with Crippen LogP contribution in [0.3, 0.4) is 0 Å². The highest BCUT2D eigenvalue weighted by molar-refractivity contribution is 7.89. The van der Waals surface area contributed by atoms with Crippen LogP contribution in [0.5, 0.6) is 5.75 Å². The van der Waals surface area contributed by atoms with E-state index in [1.807, 2.05) is 18.2 Å². The maximum atomic E-state index is 12.5. The fraction of sp³-hybridized carbons (Fsp3) is 0.316. The highest BCUT2D eigenvalue weighted by Gasteiger charge is 2.26. The second kappa shape index (κ2) is 8.41. The molecule has 8 heteroatoms. The van der Waals surface area contributed by atoms with E-state index >= 15 is 0 Å². The molecule has 2 aromatic rings. The van der Waals surface area contributed by atoms with Crippen LogP contribution in [-0.4, -0.2) is 45.4 Å². The van der Waals surface area contributed by atoms with Crippen LogP contribution in [0.4, 0.5) is 11.4 Å². The SMILES string of the molecule is COc1ccccc1NCC(=O)Nc1ccc(S(=O)(=O)N2CCCC2)cc1. The summed E-state index contributed by atoms with van der Waals surface area (Å²) in [5, 5.41) is 5.76. The van der Waals surface area contributed by atoms with Crippen LogP contribution in [0.2, 0.25) is 0 Å². The average Bonchev–Trinajstić information content (AvgIpc) is 3.23. The third-order valence-corrected chi connectivity index (χ3v) is 6.30. The maximum absolute atomic E-state index is 12.5. The van der Waals surface area contributed by atoms with Crippen molar-refractivity contribution in [2.75, 3.05) is 37.4 Å². The van der Waals surface area contributed by atoms with Gasteiger partial charge in [0.15, 0.2) is 0 Å². The van der Waals surface area contributed by atoms with E-state index in [1.165, 1.54) is 16.4 Å². The summed E-state index contributed by atoms with van der Waals surface area (Å²) in [6.07, 6.45) is 1.79. The third-order valence-electron chi connectivity index (χ3n) is 4.39. The van der Waals surface area contributed by atoms with Crippen molar-refractivity contribution in [2.45, 2.75) is 17.7 Å². The van der Waals surface area contributed by atoms with Crippen molar-refractivity contribution >= 4 is 27.3 Å². The van der Waals surface area contributed by atoms with Gasteiger partial charge in [-0.05, 0) is 49.2 Å². The summed E-state index contributed by atoms with van der Waals surface area (Å²) < 4.78 is 31.7. The topological polar surface area (TPSA) is 87.7 Å². The van der Waals surface area contributed by atoms with Gasteiger partial charge in [-0.2, -0.15) is 4.31 Å². The minimum Gasteiger partial charge on any atom is -0.495 e. The molecule has 0 radical (unpaired) electrons. The van der Waals surface area contributed by atoms with E-state index in [0.29, 0.717) is 24.5 Å². The van der Waals surface area contributed by atoms with Gasteiger partial charge >= 0.3 is 0 Å². The van der Waals surface area contributed by atoms with Gasteiger partial charge in [-0.3, -0.25) is 4.79 Å². The molecule has 0 atom stereocenters. The molecule has 1 saturated heterocycles. The number of amides is 1. The largest absolute Gasteiger partial charge is 0.495 e. The molecule has 1 aliphatic heterocycles. The Hall–Kier alpha value is -2.58. The predicted octanol–water partition coefficient (Wildman–Crippen LogP) is 2.53. The van der Waals surface area contributed by atoms with E-state index in [4.69, 9.17) is 4.74 Å². The minimum atomic E-state index is -3.44. The van der Waals surface area contributed by atoms with Gasteiger partial charge in [0.25, 0.3) is 0 Å². The Bertz CT molecular complexity index is 891. The van der Waals surface area contributed by atoms with Gasteiger partial charge in [0.05, 0.1) is 24.2 Å². The number of para-hydroxylation sites is 2. The Kier molecular flexibility index (Phi) is 5.98. The van der Waals surface area contributed by atoms with E-state index in [0.717, 1.165) is 18.5 Å². The number of nitrogens with zero attached hydrogens (tertiary/aromatic N) is 1. The molecule has 2 N–H and O–H groups in total. The van der Waals surface area contributed by atoms with Crippen molar-refractivity contribution in [1.82, 2.24) is 4.31 Å². The van der Waals surface area contributed by atoms with Crippen molar-refractivity contribution in [3.05, 3.63) is 48.5 Å². The lowest BCUT2D eigenvalue weighted by Gasteiger charge is -2.16. The van der Waals surface area contributed by atoms with Gasteiger partial charge in [0, 0.05) is 18.8 Å².